The highest BCUT2D eigenvalue weighted by molar-refractivity contribution is 7.91. The zero-order valence-electron chi connectivity index (χ0n) is 21.8. The van der Waals surface area contributed by atoms with E-state index >= 15 is 0 Å². The van der Waals surface area contributed by atoms with E-state index in [4.69, 9.17) is 5.73 Å². The van der Waals surface area contributed by atoms with Crippen molar-refractivity contribution in [2.24, 2.45) is 12.8 Å². The third-order valence-electron chi connectivity index (χ3n) is 6.43. The van der Waals surface area contributed by atoms with Gasteiger partial charge in [0.25, 0.3) is 11.8 Å². The standard InChI is InChI=1S/C28H26N6O4S/c1-16-10-20-25(32-18-8-9-22-23(13-18)34(4)15-31-22)21(27(29)35)14-30-26(20)24(11-16)39(37,38)19-7-5-6-17(12-19)28(36)33(2)3/h5-15H,1-4H3,(H2,29,35)(H,30,32). The van der Waals surface area contributed by atoms with E-state index in [1.807, 2.05) is 29.8 Å². The topological polar surface area (TPSA) is 140 Å². The number of primary amides is 1. The quantitative estimate of drug-likeness (QED) is 0.332. The Morgan fingerprint density at radius 3 is 2.51 bits per heavy atom. The van der Waals surface area contributed by atoms with E-state index in [1.165, 1.54) is 35.4 Å². The summed E-state index contributed by atoms with van der Waals surface area (Å²) in [5.74, 6) is -1.03. The molecule has 39 heavy (non-hydrogen) atoms. The number of anilines is 2. The molecular weight excluding hydrogens is 516 g/mol. The van der Waals surface area contributed by atoms with Crippen molar-refractivity contribution in [3.63, 3.8) is 0 Å². The number of aromatic nitrogens is 3. The first-order valence-corrected chi connectivity index (χ1v) is 13.4. The number of hydrogen-bond acceptors (Lipinski definition) is 7. The van der Waals surface area contributed by atoms with Gasteiger partial charge in [0.1, 0.15) is 0 Å². The van der Waals surface area contributed by atoms with E-state index in [0.717, 1.165) is 11.0 Å². The molecule has 0 fully saturated rings. The maximum absolute atomic E-state index is 13.9. The molecule has 3 N–H and O–H groups in total. The normalized spacial score (nSPS) is 11.6. The summed E-state index contributed by atoms with van der Waals surface area (Å²) in [6, 6.07) is 14.7. The number of fused-ring (bicyclic) bond motifs is 2. The molecule has 2 aromatic heterocycles. The lowest BCUT2D eigenvalue weighted by atomic mass is 10.1. The Hall–Kier alpha value is -4.77. The molecule has 0 saturated heterocycles. The van der Waals surface area contributed by atoms with Crippen LogP contribution in [0.15, 0.2) is 76.9 Å². The highest BCUT2D eigenvalue weighted by Crippen LogP contribution is 2.36. The molecule has 5 rings (SSSR count). The molecule has 0 saturated carbocycles. The van der Waals surface area contributed by atoms with Gasteiger partial charge < -0.3 is 20.5 Å². The van der Waals surface area contributed by atoms with Crippen LogP contribution >= 0.6 is 0 Å². The number of nitrogens with zero attached hydrogens (tertiary/aromatic N) is 4. The van der Waals surface area contributed by atoms with E-state index in [9.17, 15) is 18.0 Å². The van der Waals surface area contributed by atoms with Crippen LogP contribution in [0.4, 0.5) is 11.4 Å². The van der Waals surface area contributed by atoms with Crippen LogP contribution in [0.3, 0.4) is 0 Å². The van der Waals surface area contributed by atoms with Gasteiger partial charge >= 0.3 is 0 Å². The number of pyridine rings is 1. The third-order valence-corrected chi connectivity index (χ3v) is 8.19. The summed E-state index contributed by atoms with van der Waals surface area (Å²) in [5.41, 5.74) is 9.51. The zero-order chi connectivity index (χ0) is 28.1. The lowest BCUT2D eigenvalue weighted by molar-refractivity contribution is 0.0827. The number of rotatable bonds is 6. The summed E-state index contributed by atoms with van der Waals surface area (Å²) in [5, 5.41) is 3.67. The third kappa shape index (κ3) is 4.57. The van der Waals surface area contributed by atoms with Gasteiger partial charge in [0.05, 0.1) is 43.9 Å². The largest absolute Gasteiger partial charge is 0.365 e. The van der Waals surface area contributed by atoms with Gasteiger partial charge in [-0.05, 0) is 61.0 Å². The highest BCUT2D eigenvalue weighted by Gasteiger charge is 2.26. The van der Waals surface area contributed by atoms with Crippen LogP contribution in [0.1, 0.15) is 26.3 Å². The Morgan fingerprint density at radius 1 is 1.03 bits per heavy atom. The van der Waals surface area contributed by atoms with Crippen molar-refractivity contribution in [2.45, 2.75) is 16.7 Å². The minimum absolute atomic E-state index is 0.0425. The second kappa shape index (κ2) is 9.52. The predicted octanol–water partition coefficient (Wildman–Crippen LogP) is 3.81. The van der Waals surface area contributed by atoms with Gasteiger partial charge in [-0.25, -0.2) is 13.4 Å². The first-order chi connectivity index (χ1) is 18.5. The molecule has 0 aliphatic rings. The number of nitrogens with two attached hydrogens (primary N) is 1. The van der Waals surface area contributed by atoms with Crippen LogP contribution < -0.4 is 11.1 Å². The maximum Gasteiger partial charge on any atom is 0.253 e. The SMILES string of the molecule is Cc1cc(S(=O)(=O)c2cccc(C(=O)N(C)C)c2)c2ncc(C(N)=O)c(Nc3ccc4ncn(C)c4c3)c2c1. The van der Waals surface area contributed by atoms with Crippen molar-refractivity contribution < 1.29 is 18.0 Å². The summed E-state index contributed by atoms with van der Waals surface area (Å²) in [7, 11) is 0.955. The Bertz CT molecular complexity index is 1910. The van der Waals surface area contributed by atoms with Crippen LogP contribution in [0.2, 0.25) is 0 Å². The van der Waals surface area contributed by atoms with Crippen molar-refractivity contribution in [3.8, 4) is 0 Å². The molecule has 0 aliphatic carbocycles. The number of sulfone groups is 1. The molecule has 0 atom stereocenters. The van der Waals surface area contributed by atoms with Crippen molar-refractivity contribution in [3.05, 3.63) is 83.8 Å². The molecule has 2 heterocycles. The van der Waals surface area contributed by atoms with Crippen molar-refractivity contribution >= 4 is 55.0 Å². The molecule has 0 unspecified atom stereocenters. The predicted molar refractivity (Wildman–Crippen MR) is 149 cm³/mol. The number of hydrogen-bond donors (Lipinski definition) is 2. The fourth-order valence-corrected chi connectivity index (χ4v) is 6.02. The van der Waals surface area contributed by atoms with Gasteiger partial charge in [-0.2, -0.15) is 0 Å². The summed E-state index contributed by atoms with van der Waals surface area (Å²) in [6.45, 7) is 1.76. The number of amides is 2. The van der Waals surface area contributed by atoms with Crippen LogP contribution in [-0.2, 0) is 16.9 Å². The molecule has 198 valence electrons. The van der Waals surface area contributed by atoms with E-state index < -0.39 is 15.7 Å². The van der Waals surface area contributed by atoms with Crippen molar-refractivity contribution in [2.75, 3.05) is 19.4 Å². The second-order valence-electron chi connectivity index (χ2n) is 9.49. The smallest absolute Gasteiger partial charge is 0.253 e. The molecular formula is C28H26N6O4S. The van der Waals surface area contributed by atoms with Gasteiger partial charge in [0.15, 0.2) is 0 Å². The molecule has 0 radical (unpaired) electrons. The van der Waals surface area contributed by atoms with Gasteiger partial charge in [-0.1, -0.05) is 6.07 Å². The van der Waals surface area contributed by atoms with Gasteiger partial charge in [0.2, 0.25) is 9.84 Å². The molecule has 0 aliphatic heterocycles. The van der Waals surface area contributed by atoms with Crippen LogP contribution in [-0.4, -0.2) is 53.8 Å². The summed E-state index contributed by atoms with van der Waals surface area (Å²) < 4.78 is 29.7. The van der Waals surface area contributed by atoms with Crippen LogP contribution in [0.5, 0.6) is 0 Å². The molecule has 11 heteroatoms. The van der Waals surface area contributed by atoms with Crippen LogP contribution in [0, 0.1) is 6.92 Å². The Balaban J connectivity index is 1.71. The Labute approximate surface area is 225 Å². The number of imidazole rings is 1. The van der Waals surface area contributed by atoms with Gasteiger partial charge in [-0.3, -0.25) is 14.6 Å². The molecule has 0 bridgehead atoms. The number of benzene rings is 3. The number of nitrogens with one attached hydrogen (secondary N) is 1. The summed E-state index contributed by atoms with van der Waals surface area (Å²) >= 11 is 0. The minimum Gasteiger partial charge on any atom is -0.365 e. The first kappa shape index (κ1) is 25.9. The Kier molecular flexibility index (Phi) is 6.31. The first-order valence-electron chi connectivity index (χ1n) is 12.0. The summed E-state index contributed by atoms with van der Waals surface area (Å²) in [4.78, 5) is 34.9. The average Bonchev–Trinajstić information content (AvgIpc) is 3.27. The molecule has 3 aromatic carbocycles. The van der Waals surface area contributed by atoms with E-state index in [2.05, 4.69) is 15.3 Å². The molecule has 0 spiro atoms. The van der Waals surface area contributed by atoms with Crippen molar-refractivity contribution in [1.82, 2.24) is 19.4 Å². The fraction of sp³-hybridized carbons (Fsp3) is 0.143. The number of aryl methyl sites for hydroxylation is 2. The van der Waals surface area contributed by atoms with Gasteiger partial charge in [0, 0.05) is 44.0 Å². The fourth-order valence-electron chi connectivity index (χ4n) is 4.46. The minimum atomic E-state index is -4.11. The second-order valence-corrected chi connectivity index (χ2v) is 11.4. The molecule has 5 aromatic rings. The number of carbonyl (C=O) groups is 2. The van der Waals surface area contributed by atoms with E-state index in [1.54, 1.807) is 39.5 Å². The maximum atomic E-state index is 13.9. The molecule has 10 nitrogen and oxygen atoms in total. The lowest BCUT2D eigenvalue weighted by Crippen LogP contribution is -2.21. The number of carbonyl (C=O) groups excluding carboxylic acids is 2. The van der Waals surface area contributed by atoms with E-state index in [-0.39, 0.29) is 32.3 Å². The Morgan fingerprint density at radius 2 is 1.79 bits per heavy atom. The highest BCUT2D eigenvalue weighted by atomic mass is 32.2. The lowest BCUT2D eigenvalue weighted by Gasteiger charge is -2.17. The molecule has 2 amide bonds. The zero-order valence-corrected chi connectivity index (χ0v) is 22.6. The average molecular weight is 543 g/mol. The summed E-state index contributed by atoms with van der Waals surface area (Å²) in [6.07, 6.45) is 2.97. The van der Waals surface area contributed by atoms with Crippen LogP contribution in [0.25, 0.3) is 21.9 Å². The van der Waals surface area contributed by atoms with E-state index in [0.29, 0.717) is 22.3 Å². The monoisotopic (exact) mass is 542 g/mol. The van der Waals surface area contributed by atoms with Gasteiger partial charge in [-0.15, -0.1) is 0 Å². The van der Waals surface area contributed by atoms with Crippen molar-refractivity contribution in [1.29, 1.82) is 0 Å².